The number of fused-ring (bicyclic) bond motifs is 1. The van der Waals surface area contributed by atoms with E-state index in [9.17, 15) is 22.8 Å². The van der Waals surface area contributed by atoms with Gasteiger partial charge in [-0.2, -0.15) is 13.2 Å². The van der Waals surface area contributed by atoms with Gasteiger partial charge in [0.2, 0.25) is 0 Å². The lowest BCUT2D eigenvalue weighted by Gasteiger charge is -2.35. The molecule has 30 heavy (non-hydrogen) atoms. The molecule has 10 heteroatoms. The van der Waals surface area contributed by atoms with Crippen LogP contribution in [-0.4, -0.2) is 70.9 Å². The van der Waals surface area contributed by atoms with E-state index in [2.05, 4.69) is 14.9 Å². The molecule has 1 aromatic heterocycles. The van der Waals surface area contributed by atoms with E-state index in [1.807, 2.05) is 0 Å². The Kier molecular flexibility index (Phi) is 5.42. The Bertz CT molecular complexity index is 922. The molecule has 2 amide bonds. The van der Waals surface area contributed by atoms with Gasteiger partial charge in [0.05, 0.1) is 11.1 Å². The summed E-state index contributed by atoms with van der Waals surface area (Å²) in [6.45, 7) is 3.44. The van der Waals surface area contributed by atoms with Crippen LogP contribution in [0.25, 0.3) is 0 Å². The second-order valence-electron chi connectivity index (χ2n) is 7.25. The molecular weight excluding hydrogens is 399 g/mol. The van der Waals surface area contributed by atoms with Crippen LogP contribution in [0.2, 0.25) is 0 Å². The summed E-state index contributed by atoms with van der Waals surface area (Å²) < 4.78 is 38.5. The summed E-state index contributed by atoms with van der Waals surface area (Å²) in [5.74, 6) is -0.253. The van der Waals surface area contributed by atoms with Crippen molar-refractivity contribution in [1.29, 1.82) is 0 Å². The molecule has 4 rings (SSSR count). The van der Waals surface area contributed by atoms with Gasteiger partial charge in [-0.15, -0.1) is 0 Å². The molecule has 1 fully saturated rings. The van der Waals surface area contributed by atoms with Gasteiger partial charge >= 0.3 is 6.18 Å². The van der Waals surface area contributed by atoms with E-state index in [4.69, 9.17) is 0 Å². The molecule has 1 saturated heterocycles. The quantitative estimate of drug-likeness (QED) is 0.693. The molecule has 0 bridgehead atoms. The van der Waals surface area contributed by atoms with Crippen LogP contribution < -0.4 is 4.90 Å². The molecule has 0 atom stereocenters. The van der Waals surface area contributed by atoms with Crippen molar-refractivity contribution in [2.24, 2.45) is 0 Å². The molecule has 0 radical (unpaired) electrons. The first-order valence-corrected chi connectivity index (χ1v) is 9.66. The highest BCUT2D eigenvalue weighted by atomic mass is 19.4. The Morgan fingerprint density at radius 3 is 2.13 bits per heavy atom. The highest BCUT2D eigenvalue weighted by Crippen LogP contribution is 2.29. The summed E-state index contributed by atoms with van der Waals surface area (Å²) in [7, 11) is 0. The number of piperazine rings is 1. The smallest absolute Gasteiger partial charge is 0.354 e. The third-order valence-corrected chi connectivity index (χ3v) is 5.37. The Hall–Kier alpha value is -3.01. The third kappa shape index (κ3) is 4.00. The zero-order chi connectivity index (χ0) is 21.3. The number of halogens is 3. The Morgan fingerprint density at radius 2 is 1.53 bits per heavy atom. The van der Waals surface area contributed by atoms with E-state index in [1.165, 1.54) is 4.90 Å². The van der Waals surface area contributed by atoms with E-state index in [0.29, 0.717) is 56.8 Å². The number of anilines is 1. The number of rotatable bonds is 5. The minimum atomic E-state index is -4.50. The Morgan fingerprint density at radius 1 is 0.900 bits per heavy atom. The number of alkyl halides is 3. The Labute approximate surface area is 171 Å². The average molecular weight is 419 g/mol. The number of nitrogens with zero attached hydrogens (tertiary/aromatic N) is 5. The van der Waals surface area contributed by atoms with Crippen molar-refractivity contribution in [2.75, 3.05) is 44.2 Å². The molecule has 2 aliphatic heterocycles. The largest absolute Gasteiger partial charge is 0.433 e. The lowest BCUT2D eigenvalue weighted by atomic mass is 10.1. The summed E-state index contributed by atoms with van der Waals surface area (Å²) in [5, 5.41) is 0. The topological polar surface area (TPSA) is 69.6 Å². The maximum Gasteiger partial charge on any atom is 0.433 e. The van der Waals surface area contributed by atoms with E-state index >= 15 is 0 Å². The molecule has 0 aliphatic carbocycles. The number of imide groups is 1. The summed E-state index contributed by atoms with van der Waals surface area (Å²) in [6, 6.07) is 7.76. The molecule has 0 spiro atoms. The monoisotopic (exact) mass is 419 g/mol. The third-order valence-electron chi connectivity index (χ3n) is 5.37. The van der Waals surface area contributed by atoms with Gasteiger partial charge in [-0.3, -0.25) is 19.4 Å². The summed E-state index contributed by atoms with van der Waals surface area (Å²) in [4.78, 5) is 37.3. The molecular formula is C20H20F3N5O2. The molecule has 7 nitrogen and oxygen atoms in total. The van der Waals surface area contributed by atoms with Crippen molar-refractivity contribution in [3.05, 3.63) is 53.5 Å². The highest BCUT2D eigenvalue weighted by Gasteiger charge is 2.35. The van der Waals surface area contributed by atoms with E-state index in [0.717, 1.165) is 12.4 Å². The number of amides is 2. The molecule has 0 unspecified atom stereocenters. The fourth-order valence-electron chi connectivity index (χ4n) is 3.77. The van der Waals surface area contributed by atoms with Crippen LogP contribution in [0, 0.1) is 0 Å². The van der Waals surface area contributed by atoms with Crippen LogP contribution in [-0.2, 0) is 6.18 Å². The number of carbonyl (C=O) groups is 2. The average Bonchev–Trinajstić information content (AvgIpc) is 2.99. The van der Waals surface area contributed by atoms with E-state index < -0.39 is 11.9 Å². The van der Waals surface area contributed by atoms with Gasteiger partial charge < -0.3 is 4.90 Å². The minimum absolute atomic E-state index is 0.260. The summed E-state index contributed by atoms with van der Waals surface area (Å²) >= 11 is 0. The van der Waals surface area contributed by atoms with Gasteiger partial charge in [0, 0.05) is 38.8 Å². The first kappa shape index (κ1) is 20.3. The van der Waals surface area contributed by atoms with E-state index in [-0.39, 0.29) is 17.6 Å². The van der Waals surface area contributed by atoms with Gasteiger partial charge in [0.15, 0.2) is 0 Å². The first-order chi connectivity index (χ1) is 14.3. The van der Waals surface area contributed by atoms with Crippen molar-refractivity contribution in [3.63, 3.8) is 0 Å². The van der Waals surface area contributed by atoms with Gasteiger partial charge in [-0.25, -0.2) is 9.97 Å². The zero-order valence-corrected chi connectivity index (χ0v) is 16.1. The molecule has 1 aromatic carbocycles. The normalized spacial score (nSPS) is 17.6. The molecule has 3 heterocycles. The predicted octanol–water partition coefficient (Wildman–Crippen LogP) is 2.30. The first-order valence-electron chi connectivity index (χ1n) is 9.66. The van der Waals surface area contributed by atoms with Crippen LogP contribution in [0.15, 0.2) is 36.7 Å². The van der Waals surface area contributed by atoms with Crippen LogP contribution in [0.4, 0.5) is 19.0 Å². The minimum Gasteiger partial charge on any atom is -0.354 e. The van der Waals surface area contributed by atoms with Crippen LogP contribution in [0.3, 0.4) is 0 Å². The standard InChI is InChI=1S/C20H20F3N5O2/c21-20(22,23)16-12-17(25-13-24-16)27-10-8-26(9-11-27)6-3-7-28-18(29)14-4-1-2-5-15(14)19(28)30/h1-2,4-5,12-13H,3,6-11H2. The predicted molar refractivity (Wildman–Crippen MR) is 102 cm³/mol. The second-order valence-corrected chi connectivity index (χ2v) is 7.25. The number of benzene rings is 1. The molecule has 2 aliphatic rings. The molecule has 2 aromatic rings. The summed E-state index contributed by atoms with van der Waals surface area (Å²) in [5.41, 5.74) is -0.0609. The maximum absolute atomic E-state index is 12.8. The van der Waals surface area contributed by atoms with Gasteiger partial charge in [-0.05, 0) is 25.1 Å². The number of carbonyl (C=O) groups excluding carboxylic acids is 2. The number of hydrogen-bond acceptors (Lipinski definition) is 6. The van der Waals surface area contributed by atoms with Crippen molar-refractivity contribution >= 4 is 17.6 Å². The highest BCUT2D eigenvalue weighted by molar-refractivity contribution is 6.21. The van der Waals surface area contributed by atoms with Crippen molar-refractivity contribution in [2.45, 2.75) is 12.6 Å². The number of hydrogen-bond donors (Lipinski definition) is 0. The maximum atomic E-state index is 12.8. The van der Waals surface area contributed by atoms with Crippen LogP contribution in [0.1, 0.15) is 32.8 Å². The van der Waals surface area contributed by atoms with Crippen LogP contribution >= 0.6 is 0 Å². The van der Waals surface area contributed by atoms with Crippen LogP contribution in [0.5, 0.6) is 0 Å². The van der Waals surface area contributed by atoms with Crippen molar-refractivity contribution in [3.8, 4) is 0 Å². The van der Waals surface area contributed by atoms with Gasteiger partial charge in [0.25, 0.3) is 11.8 Å². The molecule has 0 saturated carbocycles. The zero-order valence-electron chi connectivity index (χ0n) is 16.1. The van der Waals surface area contributed by atoms with Crippen molar-refractivity contribution in [1.82, 2.24) is 19.8 Å². The molecule has 158 valence electrons. The fraction of sp³-hybridized carbons (Fsp3) is 0.400. The fourth-order valence-corrected chi connectivity index (χ4v) is 3.77. The SMILES string of the molecule is O=C1c2ccccc2C(=O)N1CCCN1CCN(c2cc(C(F)(F)F)ncn2)CC1. The van der Waals surface area contributed by atoms with Gasteiger partial charge in [0.1, 0.15) is 17.8 Å². The lowest BCUT2D eigenvalue weighted by Crippen LogP contribution is -2.47. The Balaban J connectivity index is 1.26. The number of aromatic nitrogens is 2. The summed E-state index contributed by atoms with van der Waals surface area (Å²) in [6.07, 6.45) is -2.92. The van der Waals surface area contributed by atoms with Gasteiger partial charge in [-0.1, -0.05) is 12.1 Å². The van der Waals surface area contributed by atoms with E-state index in [1.54, 1.807) is 29.2 Å². The molecule has 0 N–H and O–H groups in total. The second kappa shape index (κ2) is 8.02. The lowest BCUT2D eigenvalue weighted by molar-refractivity contribution is -0.141. The van der Waals surface area contributed by atoms with Crippen molar-refractivity contribution < 1.29 is 22.8 Å².